The molecule has 1 N–H and O–H groups in total. The molecule has 2 heteroatoms. The molecule has 0 saturated carbocycles. The summed E-state index contributed by atoms with van der Waals surface area (Å²) < 4.78 is 0. The number of nitrogens with zero attached hydrogens (tertiary/aromatic N) is 1. The van der Waals surface area contributed by atoms with Gasteiger partial charge in [0.25, 0.3) is 0 Å². The van der Waals surface area contributed by atoms with E-state index in [4.69, 9.17) is 0 Å². The van der Waals surface area contributed by atoms with Gasteiger partial charge in [-0.05, 0) is 58.9 Å². The molecular weight excluding hydrogens is 282 g/mol. The van der Waals surface area contributed by atoms with E-state index in [0.717, 1.165) is 12.0 Å². The Morgan fingerprint density at radius 2 is 1.74 bits per heavy atom. The summed E-state index contributed by atoms with van der Waals surface area (Å²) in [5, 5.41) is 19.8. The second kappa shape index (κ2) is 5.00. The standard InChI is InChI=1S/C21H15NO/c1-13-9-10-17(21-15(12-22)6-4-8-19(21)23)18-11-14-5-2-3-7-16(14)20(13)18/h2-10,23H,11H2,1H3. The third-order valence-electron chi connectivity index (χ3n) is 4.61. The first kappa shape index (κ1) is 13.6. The topological polar surface area (TPSA) is 44.0 Å². The molecule has 4 rings (SSSR count). The number of phenolic OH excluding ortho intramolecular Hbond substituents is 1. The van der Waals surface area contributed by atoms with E-state index in [9.17, 15) is 10.4 Å². The lowest BCUT2D eigenvalue weighted by atomic mass is 9.90. The van der Waals surface area contributed by atoms with Gasteiger partial charge in [0, 0.05) is 5.56 Å². The molecule has 0 spiro atoms. The molecular formula is C21H15NO. The fourth-order valence-corrected chi connectivity index (χ4v) is 3.58. The lowest BCUT2D eigenvalue weighted by molar-refractivity contribution is 0.477. The zero-order valence-corrected chi connectivity index (χ0v) is 12.8. The summed E-state index contributed by atoms with van der Waals surface area (Å²) in [6, 6.07) is 19.8. The maximum atomic E-state index is 10.3. The van der Waals surface area contributed by atoms with E-state index < -0.39 is 0 Å². The summed E-state index contributed by atoms with van der Waals surface area (Å²) >= 11 is 0. The maximum absolute atomic E-state index is 10.3. The zero-order valence-electron chi connectivity index (χ0n) is 12.8. The van der Waals surface area contributed by atoms with Gasteiger partial charge in [0.2, 0.25) is 0 Å². The van der Waals surface area contributed by atoms with E-state index in [0.29, 0.717) is 11.1 Å². The van der Waals surface area contributed by atoms with E-state index in [2.05, 4.69) is 43.3 Å². The predicted octanol–water partition coefficient (Wildman–Crippen LogP) is 4.81. The molecule has 0 aromatic heterocycles. The number of benzene rings is 3. The molecule has 110 valence electrons. The Hall–Kier alpha value is -3.05. The van der Waals surface area contributed by atoms with Crippen LogP contribution in [0.15, 0.2) is 54.6 Å². The van der Waals surface area contributed by atoms with Gasteiger partial charge in [0.05, 0.1) is 11.6 Å². The first-order chi connectivity index (χ1) is 11.2. The average molecular weight is 297 g/mol. The van der Waals surface area contributed by atoms with Crippen LogP contribution in [-0.4, -0.2) is 5.11 Å². The van der Waals surface area contributed by atoms with Gasteiger partial charge >= 0.3 is 0 Å². The minimum absolute atomic E-state index is 0.158. The number of hydrogen-bond acceptors (Lipinski definition) is 2. The first-order valence-electron chi connectivity index (χ1n) is 7.64. The monoisotopic (exact) mass is 297 g/mol. The van der Waals surface area contributed by atoms with Crippen LogP contribution in [-0.2, 0) is 6.42 Å². The van der Waals surface area contributed by atoms with Gasteiger partial charge in [0.1, 0.15) is 5.75 Å². The highest BCUT2D eigenvalue weighted by Gasteiger charge is 2.25. The highest BCUT2D eigenvalue weighted by Crippen LogP contribution is 2.45. The van der Waals surface area contributed by atoms with Crippen molar-refractivity contribution in [3.8, 4) is 34.1 Å². The average Bonchev–Trinajstić information content (AvgIpc) is 2.96. The van der Waals surface area contributed by atoms with Gasteiger partial charge in [-0.2, -0.15) is 5.26 Å². The summed E-state index contributed by atoms with van der Waals surface area (Å²) in [4.78, 5) is 0. The summed E-state index contributed by atoms with van der Waals surface area (Å²) in [6.07, 6.45) is 0.835. The van der Waals surface area contributed by atoms with Crippen molar-refractivity contribution in [3.05, 3.63) is 76.9 Å². The van der Waals surface area contributed by atoms with Crippen molar-refractivity contribution in [3.63, 3.8) is 0 Å². The Bertz CT molecular complexity index is 980. The molecule has 0 radical (unpaired) electrons. The smallest absolute Gasteiger partial charge is 0.124 e. The number of hydrogen-bond donors (Lipinski definition) is 1. The zero-order chi connectivity index (χ0) is 16.0. The van der Waals surface area contributed by atoms with E-state index in [1.165, 1.54) is 27.8 Å². The Morgan fingerprint density at radius 3 is 2.57 bits per heavy atom. The van der Waals surface area contributed by atoms with Crippen LogP contribution in [0.5, 0.6) is 5.75 Å². The molecule has 3 aromatic carbocycles. The van der Waals surface area contributed by atoms with Crippen molar-refractivity contribution >= 4 is 0 Å². The predicted molar refractivity (Wildman–Crippen MR) is 91.2 cm³/mol. The lowest BCUT2D eigenvalue weighted by Crippen LogP contribution is -1.93. The molecule has 0 unspecified atom stereocenters. The highest BCUT2D eigenvalue weighted by molar-refractivity contribution is 5.89. The summed E-state index contributed by atoms with van der Waals surface area (Å²) in [7, 11) is 0. The van der Waals surface area contributed by atoms with Gasteiger partial charge in [-0.3, -0.25) is 0 Å². The van der Waals surface area contributed by atoms with Crippen molar-refractivity contribution in [1.82, 2.24) is 0 Å². The van der Waals surface area contributed by atoms with Crippen molar-refractivity contribution in [2.75, 3.05) is 0 Å². The number of rotatable bonds is 1. The van der Waals surface area contributed by atoms with Crippen LogP contribution >= 0.6 is 0 Å². The maximum Gasteiger partial charge on any atom is 0.124 e. The summed E-state index contributed by atoms with van der Waals surface area (Å²) in [5.41, 5.74) is 8.32. The van der Waals surface area contributed by atoms with E-state index in [1.807, 2.05) is 6.07 Å². The molecule has 0 heterocycles. The number of aryl methyl sites for hydroxylation is 1. The van der Waals surface area contributed by atoms with E-state index in [1.54, 1.807) is 18.2 Å². The number of aromatic hydroxyl groups is 1. The molecule has 0 bridgehead atoms. The van der Waals surface area contributed by atoms with Crippen LogP contribution < -0.4 is 0 Å². The number of nitriles is 1. The van der Waals surface area contributed by atoms with E-state index in [-0.39, 0.29) is 5.75 Å². The van der Waals surface area contributed by atoms with Gasteiger partial charge < -0.3 is 5.11 Å². The largest absolute Gasteiger partial charge is 0.507 e. The van der Waals surface area contributed by atoms with Crippen molar-refractivity contribution in [2.45, 2.75) is 13.3 Å². The van der Waals surface area contributed by atoms with Crippen molar-refractivity contribution < 1.29 is 5.11 Å². The van der Waals surface area contributed by atoms with Crippen LogP contribution in [0.4, 0.5) is 0 Å². The molecule has 2 nitrogen and oxygen atoms in total. The minimum atomic E-state index is 0.158. The number of phenols is 1. The second-order valence-electron chi connectivity index (χ2n) is 5.93. The normalized spacial score (nSPS) is 11.7. The van der Waals surface area contributed by atoms with Gasteiger partial charge in [0.15, 0.2) is 0 Å². The van der Waals surface area contributed by atoms with Crippen LogP contribution in [0.1, 0.15) is 22.3 Å². The first-order valence-corrected chi connectivity index (χ1v) is 7.64. The van der Waals surface area contributed by atoms with Crippen LogP contribution in [0.3, 0.4) is 0 Å². The van der Waals surface area contributed by atoms with Crippen molar-refractivity contribution in [1.29, 1.82) is 5.26 Å². The molecule has 3 aromatic rings. The molecule has 1 aliphatic carbocycles. The molecule has 0 atom stereocenters. The molecule has 0 amide bonds. The Morgan fingerprint density at radius 1 is 0.913 bits per heavy atom. The Balaban J connectivity index is 2.04. The quantitative estimate of drug-likeness (QED) is 0.548. The molecule has 23 heavy (non-hydrogen) atoms. The summed E-state index contributed by atoms with van der Waals surface area (Å²) in [5.74, 6) is 0.158. The fraction of sp³-hybridized carbons (Fsp3) is 0.0952. The van der Waals surface area contributed by atoms with Crippen LogP contribution in [0.25, 0.3) is 22.3 Å². The van der Waals surface area contributed by atoms with Crippen LogP contribution in [0.2, 0.25) is 0 Å². The third kappa shape index (κ3) is 1.94. The summed E-state index contributed by atoms with van der Waals surface area (Å²) in [6.45, 7) is 2.11. The molecule has 0 saturated heterocycles. The van der Waals surface area contributed by atoms with Gasteiger partial charge in [-0.15, -0.1) is 0 Å². The van der Waals surface area contributed by atoms with Gasteiger partial charge in [-0.25, -0.2) is 0 Å². The second-order valence-corrected chi connectivity index (χ2v) is 5.93. The third-order valence-corrected chi connectivity index (χ3v) is 4.61. The highest BCUT2D eigenvalue weighted by atomic mass is 16.3. The fourth-order valence-electron chi connectivity index (χ4n) is 3.58. The molecule has 0 fully saturated rings. The lowest BCUT2D eigenvalue weighted by Gasteiger charge is -2.14. The minimum Gasteiger partial charge on any atom is -0.507 e. The Kier molecular flexibility index (Phi) is 2.96. The number of fused-ring (bicyclic) bond motifs is 3. The molecule has 1 aliphatic rings. The Labute approximate surface area is 135 Å². The van der Waals surface area contributed by atoms with Crippen molar-refractivity contribution in [2.24, 2.45) is 0 Å². The van der Waals surface area contributed by atoms with Gasteiger partial charge in [-0.1, -0.05) is 42.5 Å². The van der Waals surface area contributed by atoms with E-state index >= 15 is 0 Å². The molecule has 0 aliphatic heterocycles. The van der Waals surface area contributed by atoms with Crippen LogP contribution in [0, 0.1) is 18.3 Å². The SMILES string of the molecule is Cc1ccc(-c2c(O)cccc2C#N)c2c1-c1ccccc1C2.